The maximum atomic E-state index is 10.8. The molecular weight excluding hydrogens is 211 g/mol. The van der Waals surface area contributed by atoms with Crippen LogP contribution >= 0.6 is 19.2 Å². The van der Waals surface area contributed by atoms with E-state index >= 15 is 0 Å². The van der Waals surface area contributed by atoms with Crippen LogP contribution < -0.4 is 5.30 Å². The third kappa shape index (κ3) is 3.12. The molecule has 1 aromatic rings. The molecule has 0 amide bonds. The number of hydrogen-bond acceptors (Lipinski definition) is 1. The Morgan fingerprint density at radius 2 is 1.77 bits per heavy atom. The molecular formula is C8H10ClO3P. The van der Waals surface area contributed by atoms with Gasteiger partial charge in [-0.1, -0.05) is 12.1 Å². The van der Waals surface area contributed by atoms with Gasteiger partial charge in [-0.3, -0.25) is 4.57 Å². The summed E-state index contributed by atoms with van der Waals surface area (Å²) in [6.07, 6.45) is 0.711. The van der Waals surface area contributed by atoms with Gasteiger partial charge in [-0.15, -0.1) is 11.6 Å². The third-order valence-electron chi connectivity index (χ3n) is 1.66. The zero-order chi connectivity index (χ0) is 9.90. The second kappa shape index (κ2) is 4.25. The molecule has 0 heterocycles. The Kier molecular flexibility index (Phi) is 3.51. The van der Waals surface area contributed by atoms with E-state index in [0.29, 0.717) is 12.3 Å². The maximum absolute atomic E-state index is 10.8. The van der Waals surface area contributed by atoms with Crippen LogP contribution in [0.1, 0.15) is 5.56 Å². The van der Waals surface area contributed by atoms with Crippen LogP contribution in [-0.4, -0.2) is 15.7 Å². The van der Waals surface area contributed by atoms with Crippen molar-refractivity contribution in [2.75, 3.05) is 5.88 Å². The van der Waals surface area contributed by atoms with Crippen molar-refractivity contribution in [3.8, 4) is 0 Å². The molecule has 72 valence electrons. The number of halogens is 1. The molecule has 1 aromatic carbocycles. The van der Waals surface area contributed by atoms with Gasteiger partial charge in [-0.25, -0.2) is 0 Å². The van der Waals surface area contributed by atoms with Crippen molar-refractivity contribution in [3.05, 3.63) is 29.8 Å². The molecule has 0 saturated carbocycles. The van der Waals surface area contributed by atoms with Crippen molar-refractivity contribution in [1.29, 1.82) is 0 Å². The van der Waals surface area contributed by atoms with Crippen LogP contribution in [-0.2, 0) is 11.0 Å². The van der Waals surface area contributed by atoms with E-state index in [1.807, 2.05) is 0 Å². The van der Waals surface area contributed by atoms with Gasteiger partial charge >= 0.3 is 7.60 Å². The molecule has 0 unspecified atom stereocenters. The van der Waals surface area contributed by atoms with E-state index in [4.69, 9.17) is 21.4 Å². The molecule has 0 aliphatic rings. The van der Waals surface area contributed by atoms with Gasteiger partial charge in [0.15, 0.2) is 0 Å². The normalized spacial score (nSPS) is 11.6. The fourth-order valence-electron chi connectivity index (χ4n) is 0.966. The van der Waals surface area contributed by atoms with E-state index in [9.17, 15) is 4.57 Å². The Bertz CT molecular complexity index is 317. The fraction of sp³-hybridized carbons (Fsp3) is 0.250. The SMILES string of the molecule is O=P(O)(O)c1ccc(CCCl)cc1. The lowest BCUT2D eigenvalue weighted by atomic mass is 10.2. The Labute approximate surface area is 81.5 Å². The second-order valence-electron chi connectivity index (χ2n) is 2.65. The van der Waals surface area contributed by atoms with E-state index in [1.54, 1.807) is 12.1 Å². The van der Waals surface area contributed by atoms with E-state index < -0.39 is 7.60 Å². The van der Waals surface area contributed by atoms with Gasteiger partial charge in [0.2, 0.25) is 0 Å². The lowest BCUT2D eigenvalue weighted by molar-refractivity contribution is 0.387. The van der Waals surface area contributed by atoms with Crippen LogP contribution in [0.4, 0.5) is 0 Å². The standard InChI is InChI=1S/C8H10ClO3P/c9-6-5-7-1-3-8(4-2-7)13(10,11)12/h1-4H,5-6H2,(H2,10,11,12). The van der Waals surface area contributed by atoms with Crippen molar-refractivity contribution >= 4 is 24.5 Å². The summed E-state index contributed by atoms with van der Waals surface area (Å²) < 4.78 is 10.8. The van der Waals surface area contributed by atoms with Crippen LogP contribution in [0.3, 0.4) is 0 Å². The van der Waals surface area contributed by atoms with Crippen molar-refractivity contribution in [1.82, 2.24) is 0 Å². The maximum Gasteiger partial charge on any atom is 0.356 e. The summed E-state index contributed by atoms with van der Waals surface area (Å²) in [5, 5.41) is 0.0471. The van der Waals surface area contributed by atoms with Crippen LogP contribution in [0.2, 0.25) is 0 Å². The Hall–Kier alpha value is -0.340. The minimum absolute atomic E-state index is 0.0471. The Balaban J connectivity index is 2.88. The molecule has 0 atom stereocenters. The highest BCUT2D eigenvalue weighted by atomic mass is 35.5. The monoisotopic (exact) mass is 220 g/mol. The molecule has 13 heavy (non-hydrogen) atoms. The smallest absolute Gasteiger partial charge is 0.321 e. The molecule has 0 spiro atoms. The van der Waals surface area contributed by atoms with Gasteiger partial charge < -0.3 is 9.79 Å². The molecule has 0 aromatic heterocycles. The molecule has 0 aliphatic carbocycles. The number of aryl methyl sites for hydroxylation is 1. The summed E-state index contributed by atoms with van der Waals surface area (Å²) in [5.41, 5.74) is 0.979. The van der Waals surface area contributed by atoms with Gasteiger partial charge in [-0.2, -0.15) is 0 Å². The minimum Gasteiger partial charge on any atom is -0.321 e. The highest BCUT2D eigenvalue weighted by Crippen LogP contribution is 2.32. The first-order valence-corrected chi connectivity index (χ1v) is 5.90. The van der Waals surface area contributed by atoms with Crippen LogP contribution in [0.5, 0.6) is 0 Å². The van der Waals surface area contributed by atoms with Gasteiger partial charge in [0, 0.05) is 5.88 Å². The first-order chi connectivity index (χ1) is 6.04. The van der Waals surface area contributed by atoms with Gasteiger partial charge in [-0.05, 0) is 24.1 Å². The molecule has 1 rings (SSSR count). The van der Waals surface area contributed by atoms with Crippen LogP contribution in [0, 0.1) is 0 Å². The zero-order valence-corrected chi connectivity index (χ0v) is 8.50. The number of alkyl halides is 1. The molecule has 0 aliphatic heterocycles. The second-order valence-corrected chi connectivity index (χ2v) is 4.63. The average molecular weight is 221 g/mol. The highest BCUT2D eigenvalue weighted by molar-refractivity contribution is 7.60. The van der Waals surface area contributed by atoms with Gasteiger partial charge in [0.25, 0.3) is 0 Å². The number of rotatable bonds is 3. The summed E-state index contributed by atoms with van der Waals surface area (Å²) in [4.78, 5) is 17.6. The summed E-state index contributed by atoms with van der Waals surface area (Å²) in [6, 6.07) is 6.22. The van der Waals surface area contributed by atoms with Crippen molar-refractivity contribution in [2.45, 2.75) is 6.42 Å². The average Bonchev–Trinajstić information content (AvgIpc) is 2.04. The quantitative estimate of drug-likeness (QED) is 0.596. The van der Waals surface area contributed by atoms with E-state index in [0.717, 1.165) is 5.56 Å². The van der Waals surface area contributed by atoms with Gasteiger partial charge in [0.05, 0.1) is 5.30 Å². The highest BCUT2D eigenvalue weighted by Gasteiger charge is 2.15. The van der Waals surface area contributed by atoms with Crippen molar-refractivity contribution in [2.24, 2.45) is 0 Å². The molecule has 0 bridgehead atoms. The first-order valence-electron chi connectivity index (χ1n) is 3.75. The van der Waals surface area contributed by atoms with Crippen molar-refractivity contribution < 1.29 is 14.4 Å². The molecule has 5 heteroatoms. The lowest BCUT2D eigenvalue weighted by Crippen LogP contribution is -2.03. The predicted molar refractivity (Wildman–Crippen MR) is 52.5 cm³/mol. The summed E-state index contributed by atoms with van der Waals surface area (Å²) in [6.45, 7) is 0. The topological polar surface area (TPSA) is 57.5 Å². The third-order valence-corrected chi connectivity index (χ3v) is 2.82. The van der Waals surface area contributed by atoms with Crippen LogP contribution in [0.15, 0.2) is 24.3 Å². The molecule has 0 radical (unpaired) electrons. The zero-order valence-electron chi connectivity index (χ0n) is 6.85. The summed E-state index contributed by atoms with van der Waals surface area (Å²) in [7, 11) is -4.09. The fourth-order valence-corrected chi connectivity index (χ4v) is 1.72. The largest absolute Gasteiger partial charge is 0.356 e. The Morgan fingerprint density at radius 3 is 2.15 bits per heavy atom. The number of hydrogen-bond donors (Lipinski definition) is 2. The van der Waals surface area contributed by atoms with E-state index in [1.165, 1.54) is 12.1 Å². The Morgan fingerprint density at radius 1 is 1.23 bits per heavy atom. The first kappa shape index (κ1) is 10.7. The minimum atomic E-state index is -4.09. The molecule has 0 saturated heterocycles. The van der Waals surface area contributed by atoms with Gasteiger partial charge in [0.1, 0.15) is 0 Å². The molecule has 3 nitrogen and oxygen atoms in total. The molecule has 0 fully saturated rings. The van der Waals surface area contributed by atoms with E-state index in [2.05, 4.69) is 0 Å². The van der Waals surface area contributed by atoms with E-state index in [-0.39, 0.29) is 5.30 Å². The number of benzene rings is 1. The lowest BCUT2D eigenvalue weighted by Gasteiger charge is -2.04. The summed E-state index contributed by atoms with van der Waals surface area (Å²) >= 11 is 5.51. The van der Waals surface area contributed by atoms with Crippen molar-refractivity contribution in [3.63, 3.8) is 0 Å². The summed E-state index contributed by atoms with van der Waals surface area (Å²) in [5.74, 6) is 0.509. The molecule has 2 N–H and O–H groups in total. The predicted octanol–water partition coefficient (Wildman–Crippen LogP) is 1.27. The van der Waals surface area contributed by atoms with Crippen LogP contribution in [0.25, 0.3) is 0 Å².